The van der Waals surface area contributed by atoms with E-state index in [1.54, 1.807) is 11.3 Å². The molecule has 1 atom stereocenters. The second-order valence-corrected chi connectivity index (χ2v) is 6.11. The Balaban J connectivity index is 1.69. The molecule has 0 bridgehead atoms. The molecule has 0 amide bonds. The maximum Gasteiger partial charge on any atom is 0.231 e. The molecule has 0 saturated heterocycles. The Kier molecular flexibility index (Phi) is 3.77. The summed E-state index contributed by atoms with van der Waals surface area (Å²) in [6.45, 7) is 3.27. The van der Waals surface area contributed by atoms with Gasteiger partial charge in [0.25, 0.3) is 0 Å². The molecule has 1 aliphatic rings. The highest BCUT2D eigenvalue weighted by molar-refractivity contribution is 9.10. The van der Waals surface area contributed by atoms with E-state index in [1.807, 2.05) is 6.07 Å². The van der Waals surface area contributed by atoms with E-state index < -0.39 is 0 Å². The Hall–Kier alpha value is -1.04. The Bertz CT molecular complexity index is 571. The molecule has 1 aliphatic heterocycles. The van der Waals surface area contributed by atoms with E-state index in [-0.39, 0.29) is 0 Å². The standard InChI is InChI=1S/C14H14BrNO2S/c1-9(11-2-3-19-7-11)16-6-10-4-12(15)14-13(5-10)17-8-18-14/h2-5,7,9,16H,6,8H2,1H3. The first-order chi connectivity index (χ1) is 9.24. The Morgan fingerprint density at radius 3 is 3.11 bits per heavy atom. The molecular formula is C14H14BrNO2S. The molecular weight excluding hydrogens is 326 g/mol. The fourth-order valence-corrected chi connectivity index (χ4v) is 3.39. The molecule has 1 unspecified atom stereocenters. The maximum atomic E-state index is 5.42. The van der Waals surface area contributed by atoms with Crippen LogP contribution in [0.3, 0.4) is 0 Å². The quantitative estimate of drug-likeness (QED) is 0.909. The van der Waals surface area contributed by atoms with Crippen LogP contribution in [-0.4, -0.2) is 6.79 Å². The van der Waals surface area contributed by atoms with Crippen LogP contribution in [0.15, 0.2) is 33.4 Å². The monoisotopic (exact) mass is 339 g/mol. The lowest BCUT2D eigenvalue weighted by atomic mass is 10.1. The van der Waals surface area contributed by atoms with Gasteiger partial charge in [-0.15, -0.1) is 0 Å². The van der Waals surface area contributed by atoms with Crippen LogP contribution in [0.4, 0.5) is 0 Å². The highest BCUT2D eigenvalue weighted by atomic mass is 79.9. The van der Waals surface area contributed by atoms with Crippen molar-refractivity contribution in [3.05, 3.63) is 44.6 Å². The van der Waals surface area contributed by atoms with E-state index in [0.717, 1.165) is 22.5 Å². The molecule has 0 radical (unpaired) electrons. The molecule has 3 nitrogen and oxygen atoms in total. The van der Waals surface area contributed by atoms with Crippen molar-refractivity contribution in [1.82, 2.24) is 5.32 Å². The smallest absolute Gasteiger partial charge is 0.231 e. The normalized spacial score (nSPS) is 14.6. The summed E-state index contributed by atoms with van der Waals surface area (Å²) < 4.78 is 11.7. The molecule has 5 heteroatoms. The molecule has 0 fully saturated rings. The van der Waals surface area contributed by atoms with Crippen molar-refractivity contribution in [1.29, 1.82) is 0 Å². The van der Waals surface area contributed by atoms with E-state index in [9.17, 15) is 0 Å². The summed E-state index contributed by atoms with van der Waals surface area (Å²) in [5.74, 6) is 1.61. The summed E-state index contributed by atoms with van der Waals surface area (Å²) in [6.07, 6.45) is 0. The average Bonchev–Trinajstić information content (AvgIpc) is 3.06. The Labute approximate surface area is 124 Å². The topological polar surface area (TPSA) is 30.5 Å². The van der Waals surface area contributed by atoms with Crippen LogP contribution < -0.4 is 14.8 Å². The van der Waals surface area contributed by atoms with Gasteiger partial charge in [0.2, 0.25) is 6.79 Å². The summed E-state index contributed by atoms with van der Waals surface area (Å²) in [5.41, 5.74) is 2.50. The van der Waals surface area contributed by atoms with Crippen molar-refractivity contribution in [2.45, 2.75) is 19.5 Å². The predicted octanol–water partition coefficient (Wildman–Crippen LogP) is 4.09. The van der Waals surface area contributed by atoms with Gasteiger partial charge in [0, 0.05) is 12.6 Å². The van der Waals surface area contributed by atoms with Gasteiger partial charge in [-0.05, 0) is 62.9 Å². The molecule has 0 spiro atoms. The van der Waals surface area contributed by atoms with Crippen molar-refractivity contribution >= 4 is 27.3 Å². The minimum Gasteiger partial charge on any atom is -0.454 e. The second kappa shape index (κ2) is 5.53. The number of rotatable bonds is 4. The highest BCUT2D eigenvalue weighted by Gasteiger charge is 2.18. The third-order valence-electron chi connectivity index (χ3n) is 3.14. The zero-order valence-electron chi connectivity index (χ0n) is 10.5. The third-order valence-corrected chi connectivity index (χ3v) is 4.43. The zero-order valence-corrected chi connectivity index (χ0v) is 12.9. The van der Waals surface area contributed by atoms with Gasteiger partial charge < -0.3 is 14.8 Å². The van der Waals surface area contributed by atoms with Crippen molar-refractivity contribution in [3.8, 4) is 11.5 Å². The molecule has 3 rings (SSSR count). The maximum absolute atomic E-state index is 5.42. The van der Waals surface area contributed by atoms with Crippen molar-refractivity contribution in [3.63, 3.8) is 0 Å². The lowest BCUT2D eigenvalue weighted by Gasteiger charge is -2.13. The average molecular weight is 340 g/mol. The fourth-order valence-electron chi connectivity index (χ4n) is 2.03. The predicted molar refractivity (Wildman–Crippen MR) is 79.8 cm³/mol. The van der Waals surface area contributed by atoms with Gasteiger partial charge in [-0.2, -0.15) is 11.3 Å². The van der Waals surface area contributed by atoms with E-state index in [0.29, 0.717) is 12.8 Å². The van der Waals surface area contributed by atoms with E-state index >= 15 is 0 Å². The summed E-state index contributed by atoms with van der Waals surface area (Å²) in [7, 11) is 0. The van der Waals surface area contributed by atoms with Crippen LogP contribution >= 0.6 is 27.3 Å². The van der Waals surface area contributed by atoms with E-state index in [1.165, 1.54) is 11.1 Å². The number of fused-ring (bicyclic) bond motifs is 1. The van der Waals surface area contributed by atoms with Crippen LogP contribution in [0, 0.1) is 0 Å². The SMILES string of the molecule is CC(NCc1cc(Br)c2c(c1)OCO2)c1ccsc1. The van der Waals surface area contributed by atoms with Crippen molar-refractivity contribution in [2.75, 3.05) is 6.79 Å². The van der Waals surface area contributed by atoms with E-state index in [4.69, 9.17) is 9.47 Å². The molecule has 19 heavy (non-hydrogen) atoms. The minimum absolute atomic E-state index is 0.302. The summed E-state index contributed by atoms with van der Waals surface area (Å²) >= 11 is 5.24. The van der Waals surface area contributed by atoms with Crippen LogP contribution in [0.2, 0.25) is 0 Å². The first-order valence-electron chi connectivity index (χ1n) is 6.07. The van der Waals surface area contributed by atoms with Gasteiger partial charge in [-0.1, -0.05) is 0 Å². The molecule has 1 N–H and O–H groups in total. The Morgan fingerprint density at radius 2 is 2.32 bits per heavy atom. The van der Waals surface area contributed by atoms with Gasteiger partial charge >= 0.3 is 0 Å². The van der Waals surface area contributed by atoms with Gasteiger partial charge in [0.1, 0.15) is 0 Å². The number of hydrogen-bond donors (Lipinski definition) is 1. The Morgan fingerprint density at radius 1 is 1.42 bits per heavy atom. The second-order valence-electron chi connectivity index (χ2n) is 4.47. The van der Waals surface area contributed by atoms with Crippen LogP contribution in [-0.2, 0) is 6.54 Å². The highest BCUT2D eigenvalue weighted by Crippen LogP contribution is 2.40. The van der Waals surface area contributed by atoms with Gasteiger partial charge in [0.05, 0.1) is 4.47 Å². The molecule has 1 aromatic heterocycles. The number of thiophene rings is 1. The summed E-state index contributed by atoms with van der Waals surface area (Å²) in [6, 6.07) is 6.59. The van der Waals surface area contributed by atoms with E-state index in [2.05, 4.69) is 51.1 Å². The molecule has 0 aliphatic carbocycles. The van der Waals surface area contributed by atoms with Crippen molar-refractivity contribution < 1.29 is 9.47 Å². The summed E-state index contributed by atoms with van der Waals surface area (Å²) in [4.78, 5) is 0. The molecule has 0 saturated carbocycles. The molecule has 1 aromatic carbocycles. The number of nitrogens with one attached hydrogen (secondary N) is 1. The molecule has 2 aromatic rings. The zero-order chi connectivity index (χ0) is 13.2. The number of benzene rings is 1. The number of ether oxygens (including phenoxy) is 2. The fraction of sp³-hybridized carbons (Fsp3) is 0.286. The summed E-state index contributed by atoms with van der Waals surface area (Å²) in [5, 5.41) is 7.78. The van der Waals surface area contributed by atoms with Gasteiger partial charge in [-0.25, -0.2) is 0 Å². The minimum atomic E-state index is 0.302. The lowest BCUT2D eigenvalue weighted by molar-refractivity contribution is 0.173. The number of halogens is 1. The first kappa shape index (κ1) is 13.0. The largest absolute Gasteiger partial charge is 0.454 e. The van der Waals surface area contributed by atoms with Gasteiger partial charge in [-0.3, -0.25) is 0 Å². The molecule has 100 valence electrons. The van der Waals surface area contributed by atoms with Crippen LogP contribution in [0.1, 0.15) is 24.1 Å². The van der Waals surface area contributed by atoms with Gasteiger partial charge in [0.15, 0.2) is 11.5 Å². The van der Waals surface area contributed by atoms with Crippen LogP contribution in [0.5, 0.6) is 11.5 Å². The van der Waals surface area contributed by atoms with Crippen molar-refractivity contribution in [2.24, 2.45) is 0 Å². The lowest BCUT2D eigenvalue weighted by Crippen LogP contribution is -2.17. The molecule has 2 heterocycles. The number of hydrogen-bond acceptors (Lipinski definition) is 4. The third kappa shape index (κ3) is 2.78. The first-order valence-corrected chi connectivity index (χ1v) is 7.81. The van der Waals surface area contributed by atoms with Crippen LogP contribution in [0.25, 0.3) is 0 Å².